The largest absolute Gasteiger partial charge is 0.373 e. The van der Waals surface area contributed by atoms with Crippen molar-refractivity contribution >= 4 is 0 Å². The Morgan fingerprint density at radius 2 is 1.65 bits per heavy atom. The Balaban J connectivity index is 0.000000113. The van der Waals surface area contributed by atoms with Gasteiger partial charge in [-0.2, -0.15) is 0 Å². The fourth-order valence-corrected chi connectivity index (χ4v) is 2.44. The van der Waals surface area contributed by atoms with Gasteiger partial charge in [-0.05, 0) is 18.4 Å². The molecule has 1 aromatic rings. The third-order valence-electron chi connectivity index (χ3n) is 3.62. The SMILES string of the molecule is C1CCC2OC2C1.c1ccc(CC2CO2)cc1. The van der Waals surface area contributed by atoms with Crippen LogP contribution in [0.25, 0.3) is 0 Å². The second kappa shape index (κ2) is 5.19. The van der Waals surface area contributed by atoms with E-state index in [9.17, 15) is 0 Å². The van der Waals surface area contributed by atoms with Crippen molar-refractivity contribution in [2.24, 2.45) is 0 Å². The number of hydrogen-bond donors (Lipinski definition) is 0. The van der Waals surface area contributed by atoms with Gasteiger partial charge in [0.25, 0.3) is 0 Å². The molecule has 0 radical (unpaired) electrons. The summed E-state index contributed by atoms with van der Waals surface area (Å²) in [6.45, 7) is 0.953. The number of hydrogen-bond acceptors (Lipinski definition) is 2. The summed E-state index contributed by atoms with van der Waals surface area (Å²) >= 11 is 0. The van der Waals surface area contributed by atoms with Crippen LogP contribution in [0.3, 0.4) is 0 Å². The summed E-state index contributed by atoms with van der Waals surface area (Å²) < 4.78 is 10.4. The summed E-state index contributed by atoms with van der Waals surface area (Å²) in [5, 5.41) is 0. The second-order valence-corrected chi connectivity index (χ2v) is 5.14. The molecule has 0 amide bonds. The van der Waals surface area contributed by atoms with E-state index < -0.39 is 0 Å². The Morgan fingerprint density at radius 1 is 1.00 bits per heavy atom. The molecule has 0 spiro atoms. The van der Waals surface area contributed by atoms with Crippen molar-refractivity contribution < 1.29 is 9.47 Å². The minimum Gasteiger partial charge on any atom is -0.373 e. The summed E-state index contributed by atoms with van der Waals surface area (Å²) in [4.78, 5) is 0. The summed E-state index contributed by atoms with van der Waals surface area (Å²) in [6.07, 6.45) is 8.49. The standard InChI is InChI=1S/C9H10O.C6H10O/c1-2-4-8(5-3-1)6-9-7-10-9;1-2-4-6-5(3-1)7-6/h1-5,9H,6-7H2;5-6H,1-4H2. The smallest absolute Gasteiger partial charge is 0.0850 e. The van der Waals surface area contributed by atoms with E-state index in [0.29, 0.717) is 18.3 Å². The van der Waals surface area contributed by atoms with E-state index in [1.165, 1.54) is 31.2 Å². The molecule has 1 aliphatic carbocycles. The van der Waals surface area contributed by atoms with Gasteiger partial charge >= 0.3 is 0 Å². The monoisotopic (exact) mass is 232 g/mol. The van der Waals surface area contributed by atoms with Gasteiger partial charge in [-0.25, -0.2) is 0 Å². The zero-order valence-electron chi connectivity index (χ0n) is 10.2. The molecule has 0 aromatic heterocycles. The van der Waals surface area contributed by atoms with Crippen molar-refractivity contribution in [2.45, 2.75) is 50.4 Å². The predicted molar refractivity (Wildman–Crippen MR) is 67.0 cm³/mol. The zero-order valence-corrected chi connectivity index (χ0v) is 10.2. The van der Waals surface area contributed by atoms with Crippen molar-refractivity contribution in [3.05, 3.63) is 35.9 Å². The Labute approximate surface area is 103 Å². The molecule has 3 atom stereocenters. The second-order valence-electron chi connectivity index (χ2n) is 5.14. The molecule has 2 heteroatoms. The summed E-state index contributed by atoms with van der Waals surface area (Å²) in [6, 6.07) is 10.5. The van der Waals surface area contributed by atoms with Gasteiger partial charge in [-0.3, -0.25) is 0 Å². The van der Waals surface area contributed by atoms with Gasteiger partial charge in [-0.15, -0.1) is 0 Å². The highest BCUT2D eigenvalue weighted by molar-refractivity contribution is 5.16. The molecule has 3 unspecified atom stereocenters. The maximum absolute atomic E-state index is 5.28. The molecule has 17 heavy (non-hydrogen) atoms. The van der Waals surface area contributed by atoms with E-state index in [2.05, 4.69) is 24.3 Å². The van der Waals surface area contributed by atoms with Crippen LogP contribution in [0.4, 0.5) is 0 Å². The Hall–Kier alpha value is -0.860. The van der Waals surface area contributed by atoms with Gasteiger partial charge in [0, 0.05) is 6.42 Å². The van der Waals surface area contributed by atoms with Gasteiger partial charge in [0.1, 0.15) is 0 Å². The molecule has 0 bridgehead atoms. The van der Waals surface area contributed by atoms with E-state index in [1.807, 2.05) is 6.07 Å². The van der Waals surface area contributed by atoms with E-state index in [0.717, 1.165) is 13.0 Å². The van der Waals surface area contributed by atoms with E-state index in [1.54, 1.807) is 0 Å². The zero-order chi connectivity index (χ0) is 11.5. The van der Waals surface area contributed by atoms with Gasteiger partial charge < -0.3 is 9.47 Å². The predicted octanol–water partition coefficient (Wildman–Crippen LogP) is 2.96. The Morgan fingerprint density at radius 3 is 2.18 bits per heavy atom. The molecule has 1 aromatic carbocycles. The molecule has 4 rings (SSSR count). The molecule has 3 fully saturated rings. The van der Waals surface area contributed by atoms with E-state index >= 15 is 0 Å². The van der Waals surface area contributed by atoms with Crippen LogP contribution in [-0.4, -0.2) is 24.9 Å². The van der Waals surface area contributed by atoms with Gasteiger partial charge in [0.05, 0.1) is 24.9 Å². The summed E-state index contributed by atoms with van der Waals surface area (Å²) in [5.74, 6) is 0. The van der Waals surface area contributed by atoms with Crippen LogP contribution < -0.4 is 0 Å². The van der Waals surface area contributed by atoms with Crippen LogP contribution in [0, 0.1) is 0 Å². The lowest BCUT2D eigenvalue weighted by atomic mass is 10.0. The van der Waals surface area contributed by atoms with Crippen molar-refractivity contribution in [2.75, 3.05) is 6.61 Å². The van der Waals surface area contributed by atoms with Crippen LogP contribution in [0.2, 0.25) is 0 Å². The van der Waals surface area contributed by atoms with Crippen LogP contribution in [-0.2, 0) is 15.9 Å². The normalized spacial score (nSPS) is 33.1. The molecule has 2 nitrogen and oxygen atoms in total. The lowest BCUT2D eigenvalue weighted by Gasteiger charge is -2.00. The number of rotatable bonds is 2. The first-order valence-electron chi connectivity index (χ1n) is 6.73. The third kappa shape index (κ3) is 3.55. The van der Waals surface area contributed by atoms with Crippen molar-refractivity contribution in [3.63, 3.8) is 0 Å². The number of ether oxygens (including phenoxy) is 2. The number of benzene rings is 1. The lowest BCUT2D eigenvalue weighted by molar-refractivity contribution is 0.373. The fraction of sp³-hybridized carbons (Fsp3) is 0.600. The highest BCUT2D eigenvalue weighted by Gasteiger charge is 2.39. The van der Waals surface area contributed by atoms with Crippen LogP contribution >= 0.6 is 0 Å². The highest BCUT2D eigenvalue weighted by Crippen LogP contribution is 2.35. The molecular formula is C15H20O2. The molecule has 2 heterocycles. The Bertz CT molecular complexity index is 335. The van der Waals surface area contributed by atoms with Gasteiger partial charge in [-0.1, -0.05) is 43.2 Å². The van der Waals surface area contributed by atoms with Crippen molar-refractivity contribution in [1.82, 2.24) is 0 Å². The minimum absolute atomic E-state index is 0.516. The van der Waals surface area contributed by atoms with E-state index in [-0.39, 0.29) is 0 Å². The maximum Gasteiger partial charge on any atom is 0.0850 e. The first-order valence-corrected chi connectivity index (χ1v) is 6.73. The molecule has 2 aliphatic heterocycles. The van der Waals surface area contributed by atoms with Gasteiger partial charge in [0.2, 0.25) is 0 Å². The highest BCUT2D eigenvalue weighted by atomic mass is 16.6. The fourth-order valence-electron chi connectivity index (χ4n) is 2.44. The number of fused-ring (bicyclic) bond motifs is 1. The molecule has 3 aliphatic rings. The quantitative estimate of drug-likeness (QED) is 0.732. The van der Waals surface area contributed by atoms with Crippen molar-refractivity contribution in [3.8, 4) is 0 Å². The average Bonchev–Trinajstić information content (AvgIpc) is 3.26. The van der Waals surface area contributed by atoms with Crippen LogP contribution in [0.15, 0.2) is 30.3 Å². The number of epoxide rings is 2. The third-order valence-corrected chi connectivity index (χ3v) is 3.62. The molecule has 0 N–H and O–H groups in total. The lowest BCUT2D eigenvalue weighted by Crippen LogP contribution is -2.00. The summed E-state index contributed by atoms with van der Waals surface area (Å²) in [7, 11) is 0. The molecule has 1 saturated carbocycles. The topological polar surface area (TPSA) is 25.1 Å². The molecule has 92 valence electrons. The van der Waals surface area contributed by atoms with Crippen molar-refractivity contribution in [1.29, 1.82) is 0 Å². The molecule has 2 saturated heterocycles. The Kier molecular flexibility index (Phi) is 3.44. The first kappa shape index (κ1) is 11.2. The van der Waals surface area contributed by atoms with Gasteiger partial charge in [0.15, 0.2) is 0 Å². The first-order chi connectivity index (χ1) is 8.42. The van der Waals surface area contributed by atoms with E-state index in [4.69, 9.17) is 9.47 Å². The molecular weight excluding hydrogens is 212 g/mol. The van der Waals surface area contributed by atoms with Crippen LogP contribution in [0.5, 0.6) is 0 Å². The average molecular weight is 232 g/mol. The summed E-state index contributed by atoms with van der Waals surface area (Å²) in [5.41, 5.74) is 1.38. The minimum atomic E-state index is 0.516. The van der Waals surface area contributed by atoms with Crippen LogP contribution in [0.1, 0.15) is 31.2 Å². The maximum atomic E-state index is 5.28.